The summed E-state index contributed by atoms with van der Waals surface area (Å²) in [6, 6.07) is 14.3. The van der Waals surface area contributed by atoms with Crippen LogP contribution >= 0.6 is 0 Å². The zero-order valence-corrected chi connectivity index (χ0v) is 13.2. The van der Waals surface area contributed by atoms with Gasteiger partial charge in [-0.15, -0.1) is 5.73 Å². The molecule has 3 aromatic rings. The van der Waals surface area contributed by atoms with Gasteiger partial charge in [-0.25, -0.2) is 9.97 Å². The fraction of sp³-hybridized carbons (Fsp3) is 0.0952. The average Bonchev–Trinajstić information content (AvgIpc) is 2.78. The Labute approximate surface area is 135 Å². The quantitative estimate of drug-likeness (QED) is 0.414. The molecule has 1 heterocycles. The van der Waals surface area contributed by atoms with Crippen molar-refractivity contribution in [3.8, 4) is 11.3 Å². The second-order valence-corrected chi connectivity index (χ2v) is 5.24. The Bertz CT molecular complexity index is 1020. The molecule has 0 fully saturated rings. The second-order valence-electron chi connectivity index (χ2n) is 5.24. The molecule has 0 N–H and O–H groups in total. The second kappa shape index (κ2) is 5.35. The molecule has 2 heteroatoms. The number of rotatable bonds is 0. The van der Waals surface area contributed by atoms with Crippen LogP contribution in [0, 0.1) is 0 Å². The highest BCUT2D eigenvalue weighted by atomic mass is 14.8. The van der Waals surface area contributed by atoms with Gasteiger partial charge in [0.05, 0.1) is 22.4 Å². The topological polar surface area (TPSA) is 25.8 Å². The highest BCUT2D eigenvalue weighted by molar-refractivity contribution is 6.03. The molecule has 110 valence electrons. The molecule has 0 spiro atoms. The molecule has 0 radical (unpaired) electrons. The molecule has 2 nitrogen and oxygen atoms in total. The molecule has 23 heavy (non-hydrogen) atoms. The van der Waals surface area contributed by atoms with Crippen LogP contribution in [0.5, 0.6) is 0 Å². The third-order valence-corrected chi connectivity index (χ3v) is 4.03. The van der Waals surface area contributed by atoms with Gasteiger partial charge in [0, 0.05) is 16.7 Å². The lowest BCUT2D eigenvalue weighted by Gasteiger charge is -2.03. The SMILES string of the molecule is C1=CC=C2c3nc4ccccc4nc3-c3cccc(c32)C=1.CC. The maximum absolute atomic E-state index is 4.85. The van der Waals surface area contributed by atoms with Gasteiger partial charge in [0.25, 0.3) is 0 Å². The highest BCUT2D eigenvalue weighted by Crippen LogP contribution is 2.45. The van der Waals surface area contributed by atoms with Crippen molar-refractivity contribution < 1.29 is 0 Å². The first kappa shape index (κ1) is 13.7. The number of para-hydroxylation sites is 2. The lowest BCUT2D eigenvalue weighted by molar-refractivity contribution is 1.28. The Kier molecular flexibility index (Phi) is 3.18. The third-order valence-electron chi connectivity index (χ3n) is 4.03. The largest absolute Gasteiger partial charge is 0.244 e. The van der Waals surface area contributed by atoms with Crippen LogP contribution in [0.2, 0.25) is 0 Å². The molecule has 0 unspecified atom stereocenters. The molecule has 1 aromatic heterocycles. The summed E-state index contributed by atoms with van der Waals surface area (Å²) in [6.07, 6.45) is 6.06. The summed E-state index contributed by atoms with van der Waals surface area (Å²) in [6.45, 7) is 4.00. The maximum Gasteiger partial charge on any atom is 0.0979 e. The van der Waals surface area contributed by atoms with Crippen molar-refractivity contribution in [3.63, 3.8) is 0 Å². The van der Waals surface area contributed by atoms with E-state index in [-0.39, 0.29) is 0 Å². The first-order chi connectivity index (χ1) is 11.4. The van der Waals surface area contributed by atoms with Crippen molar-refractivity contribution in [3.05, 3.63) is 77.2 Å². The van der Waals surface area contributed by atoms with Crippen LogP contribution in [-0.2, 0) is 0 Å². The van der Waals surface area contributed by atoms with Crippen molar-refractivity contribution in [1.82, 2.24) is 9.97 Å². The zero-order valence-electron chi connectivity index (χ0n) is 13.2. The Morgan fingerprint density at radius 1 is 0.826 bits per heavy atom. The van der Waals surface area contributed by atoms with Crippen molar-refractivity contribution in [2.24, 2.45) is 0 Å². The van der Waals surface area contributed by atoms with Gasteiger partial charge in [0.15, 0.2) is 0 Å². The molecule has 5 rings (SSSR count). The van der Waals surface area contributed by atoms with Gasteiger partial charge in [-0.3, -0.25) is 0 Å². The summed E-state index contributed by atoms with van der Waals surface area (Å²) in [4.78, 5) is 9.69. The minimum Gasteiger partial charge on any atom is -0.244 e. The first-order valence-electron chi connectivity index (χ1n) is 7.95. The van der Waals surface area contributed by atoms with Crippen LogP contribution in [0.1, 0.15) is 30.7 Å². The lowest BCUT2D eigenvalue weighted by atomic mass is 10.00. The molecule has 2 aliphatic rings. The molecule has 2 aliphatic carbocycles. The summed E-state index contributed by atoms with van der Waals surface area (Å²) in [5, 5.41) is 0. The molecule has 0 saturated carbocycles. The Balaban J connectivity index is 0.000000652. The molecular weight excluding hydrogens is 280 g/mol. The van der Waals surface area contributed by atoms with E-state index in [9.17, 15) is 0 Å². The zero-order chi connectivity index (χ0) is 15.8. The van der Waals surface area contributed by atoms with Crippen molar-refractivity contribution in [1.29, 1.82) is 0 Å². The van der Waals surface area contributed by atoms with Crippen LogP contribution in [0.3, 0.4) is 0 Å². The summed E-state index contributed by atoms with van der Waals surface area (Å²) < 4.78 is 0. The normalized spacial score (nSPS) is 12.9. The molecular formula is C21H16N2. The van der Waals surface area contributed by atoms with Crippen LogP contribution < -0.4 is 0 Å². The fourth-order valence-corrected chi connectivity index (χ4v) is 3.11. The van der Waals surface area contributed by atoms with E-state index in [0.717, 1.165) is 28.0 Å². The molecule has 0 bridgehead atoms. The van der Waals surface area contributed by atoms with Gasteiger partial charge in [-0.2, -0.15) is 0 Å². The van der Waals surface area contributed by atoms with E-state index < -0.39 is 0 Å². The van der Waals surface area contributed by atoms with Crippen molar-refractivity contribution in [2.75, 3.05) is 0 Å². The predicted octanol–water partition coefficient (Wildman–Crippen LogP) is 5.25. The summed E-state index contributed by atoms with van der Waals surface area (Å²) in [5.41, 5.74) is 11.7. The molecule has 0 amide bonds. The predicted molar refractivity (Wildman–Crippen MR) is 95.9 cm³/mol. The highest BCUT2D eigenvalue weighted by Gasteiger charge is 2.28. The van der Waals surface area contributed by atoms with Gasteiger partial charge in [0.2, 0.25) is 0 Å². The standard InChI is InChI=1S/C19H10N2.C2H6/c1-2-8-13-17-12(6-1)7-5-9-14(17)19-18(13)20-15-10-3-4-11-16(15)21-19;1-2/h2-11H;1-2H3. The number of nitrogens with zero attached hydrogens (tertiary/aromatic N) is 2. The van der Waals surface area contributed by atoms with E-state index in [1.54, 1.807) is 0 Å². The summed E-state index contributed by atoms with van der Waals surface area (Å²) in [7, 11) is 0. The maximum atomic E-state index is 4.85. The number of hydrogen-bond donors (Lipinski definition) is 0. The fourth-order valence-electron chi connectivity index (χ4n) is 3.11. The van der Waals surface area contributed by atoms with Crippen molar-refractivity contribution in [2.45, 2.75) is 13.8 Å². The van der Waals surface area contributed by atoms with Crippen LogP contribution in [0.15, 0.2) is 60.3 Å². The number of fused-ring (bicyclic) bond motifs is 4. The Morgan fingerprint density at radius 3 is 2.35 bits per heavy atom. The molecule has 2 aromatic carbocycles. The molecule has 0 aliphatic heterocycles. The number of aromatic nitrogens is 2. The van der Waals surface area contributed by atoms with E-state index in [1.807, 2.05) is 50.3 Å². The first-order valence-corrected chi connectivity index (χ1v) is 7.95. The number of hydrogen-bond acceptors (Lipinski definition) is 2. The smallest absolute Gasteiger partial charge is 0.0979 e. The Morgan fingerprint density at radius 2 is 1.57 bits per heavy atom. The minimum absolute atomic E-state index is 0.938. The summed E-state index contributed by atoms with van der Waals surface area (Å²) >= 11 is 0. The van der Waals surface area contributed by atoms with Gasteiger partial charge in [-0.1, -0.05) is 44.2 Å². The van der Waals surface area contributed by atoms with Gasteiger partial charge < -0.3 is 0 Å². The van der Waals surface area contributed by atoms with E-state index in [2.05, 4.69) is 30.0 Å². The van der Waals surface area contributed by atoms with Crippen LogP contribution in [0.25, 0.3) is 33.9 Å². The van der Waals surface area contributed by atoms with Crippen LogP contribution in [0.4, 0.5) is 0 Å². The monoisotopic (exact) mass is 296 g/mol. The van der Waals surface area contributed by atoms with E-state index in [1.165, 1.54) is 16.7 Å². The molecule has 0 atom stereocenters. The van der Waals surface area contributed by atoms with Gasteiger partial charge in [0.1, 0.15) is 0 Å². The van der Waals surface area contributed by atoms with E-state index in [4.69, 9.17) is 9.97 Å². The lowest BCUT2D eigenvalue weighted by Crippen LogP contribution is -1.91. The van der Waals surface area contributed by atoms with Crippen molar-refractivity contribution >= 4 is 22.7 Å². The summed E-state index contributed by atoms with van der Waals surface area (Å²) in [5.74, 6) is 0. The van der Waals surface area contributed by atoms with E-state index in [0.29, 0.717) is 0 Å². The van der Waals surface area contributed by atoms with Gasteiger partial charge >= 0.3 is 0 Å². The average molecular weight is 296 g/mol. The number of allylic oxidation sites excluding steroid dienone is 2. The van der Waals surface area contributed by atoms with E-state index >= 15 is 0 Å². The molecule has 0 saturated heterocycles. The van der Waals surface area contributed by atoms with Crippen LogP contribution in [-0.4, -0.2) is 9.97 Å². The minimum atomic E-state index is 0.938. The van der Waals surface area contributed by atoms with Gasteiger partial charge in [-0.05, 0) is 35.9 Å². The number of benzene rings is 2. The Hall–Kier alpha value is -2.96. The third kappa shape index (κ3) is 1.97.